The number of aromatic nitrogens is 2. The van der Waals surface area contributed by atoms with Gasteiger partial charge in [0.25, 0.3) is 0 Å². The lowest BCUT2D eigenvalue weighted by molar-refractivity contribution is 0.582. The van der Waals surface area contributed by atoms with Crippen molar-refractivity contribution in [3.8, 4) is 0 Å². The second-order valence-corrected chi connectivity index (χ2v) is 10.9. The van der Waals surface area contributed by atoms with Gasteiger partial charge in [0.05, 0.1) is 25.8 Å². The predicted octanol–water partition coefficient (Wildman–Crippen LogP) is 5.84. The molecule has 29 heavy (non-hydrogen) atoms. The number of allylic oxidation sites excluding steroid dienone is 1. The highest BCUT2D eigenvalue weighted by Crippen LogP contribution is 2.48. The Bertz CT molecular complexity index is 1230. The van der Waals surface area contributed by atoms with Crippen molar-refractivity contribution in [1.82, 2.24) is 9.59 Å². The van der Waals surface area contributed by atoms with E-state index in [9.17, 15) is 8.42 Å². The molecule has 1 saturated carbocycles. The summed E-state index contributed by atoms with van der Waals surface area (Å²) in [5.41, 5.74) is 0.493. The molecule has 1 aromatic heterocycles. The molecule has 1 aliphatic rings. The van der Waals surface area contributed by atoms with Gasteiger partial charge in [0.15, 0.2) is 5.82 Å². The average Bonchev–Trinajstić information content (AvgIpc) is 3.30. The van der Waals surface area contributed by atoms with Crippen LogP contribution in [0.4, 0.5) is 21.5 Å². The second kappa shape index (κ2) is 7.50. The standard InChI is InChI=1S/C18H15BrClFN4O2S2/c1-2-5-18(6-7-18)29(26,27)24-13-9-14-17(23-25-28-14)15(21)16(13)22-12-4-3-10(19)8-11(12)20/h2-4,8-9,22,24H,1,5-7H2. The quantitative estimate of drug-likeness (QED) is 0.385. The molecule has 2 aromatic carbocycles. The van der Waals surface area contributed by atoms with E-state index in [0.29, 0.717) is 34.7 Å². The van der Waals surface area contributed by atoms with Crippen LogP contribution in [0.1, 0.15) is 19.3 Å². The number of anilines is 3. The van der Waals surface area contributed by atoms with Gasteiger partial charge in [-0.05, 0) is 55.1 Å². The molecule has 0 spiro atoms. The minimum absolute atomic E-state index is 0.0564. The third-order valence-corrected chi connectivity index (χ3v) is 8.50. The van der Waals surface area contributed by atoms with E-state index >= 15 is 4.39 Å². The number of sulfonamides is 1. The summed E-state index contributed by atoms with van der Waals surface area (Å²) in [7, 11) is -3.77. The Morgan fingerprint density at radius 3 is 2.76 bits per heavy atom. The van der Waals surface area contributed by atoms with Gasteiger partial charge in [-0.15, -0.1) is 11.7 Å². The van der Waals surface area contributed by atoms with E-state index < -0.39 is 20.6 Å². The third kappa shape index (κ3) is 3.74. The van der Waals surface area contributed by atoms with E-state index in [2.05, 4.69) is 42.1 Å². The first kappa shape index (κ1) is 20.5. The smallest absolute Gasteiger partial charge is 0.238 e. The summed E-state index contributed by atoms with van der Waals surface area (Å²) in [5.74, 6) is -0.707. The van der Waals surface area contributed by atoms with E-state index in [4.69, 9.17) is 11.6 Å². The number of nitrogens with one attached hydrogen (secondary N) is 2. The average molecular weight is 518 g/mol. The first-order valence-corrected chi connectivity index (χ1v) is 12.0. The number of hydrogen-bond donors (Lipinski definition) is 2. The highest BCUT2D eigenvalue weighted by Gasteiger charge is 2.53. The Balaban J connectivity index is 1.80. The zero-order chi connectivity index (χ0) is 20.8. The van der Waals surface area contributed by atoms with Crippen LogP contribution in [0, 0.1) is 5.82 Å². The Hall–Kier alpha value is -1.75. The van der Waals surface area contributed by atoms with Crippen molar-refractivity contribution < 1.29 is 12.8 Å². The number of hydrogen-bond acceptors (Lipinski definition) is 6. The van der Waals surface area contributed by atoms with Crippen LogP contribution in [0.25, 0.3) is 10.2 Å². The van der Waals surface area contributed by atoms with Crippen molar-refractivity contribution in [2.24, 2.45) is 0 Å². The topological polar surface area (TPSA) is 84.0 Å². The van der Waals surface area contributed by atoms with Crippen LogP contribution in [0.3, 0.4) is 0 Å². The van der Waals surface area contributed by atoms with Crippen molar-refractivity contribution in [2.75, 3.05) is 10.0 Å². The highest BCUT2D eigenvalue weighted by molar-refractivity contribution is 9.10. The molecular formula is C18H15BrClFN4O2S2. The SMILES string of the molecule is C=CCC1(S(=O)(=O)Nc2cc3snnc3c(F)c2Nc2ccc(Br)cc2Cl)CC1. The number of halogens is 3. The summed E-state index contributed by atoms with van der Waals surface area (Å²) >= 11 is 10.5. The van der Waals surface area contributed by atoms with Gasteiger partial charge in [-0.2, -0.15) is 0 Å². The first-order chi connectivity index (χ1) is 13.8. The van der Waals surface area contributed by atoms with Crippen molar-refractivity contribution in [1.29, 1.82) is 0 Å². The molecule has 0 bridgehead atoms. The molecule has 11 heteroatoms. The lowest BCUT2D eigenvalue weighted by Crippen LogP contribution is -2.29. The Labute approximate surface area is 184 Å². The maximum Gasteiger partial charge on any atom is 0.238 e. The molecule has 0 aliphatic heterocycles. The second-order valence-electron chi connectivity index (χ2n) is 6.76. The maximum atomic E-state index is 15.2. The van der Waals surface area contributed by atoms with Crippen LogP contribution in [0.15, 0.2) is 41.4 Å². The monoisotopic (exact) mass is 516 g/mol. The van der Waals surface area contributed by atoms with Crippen LogP contribution >= 0.6 is 39.1 Å². The van der Waals surface area contributed by atoms with E-state index in [1.165, 1.54) is 6.07 Å². The van der Waals surface area contributed by atoms with E-state index in [1.807, 2.05) is 0 Å². The molecule has 1 aliphatic carbocycles. The minimum Gasteiger partial charge on any atom is -0.350 e. The molecule has 1 fully saturated rings. The highest BCUT2D eigenvalue weighted by atomic mass is 79.9. The minimum atomic E-state index is -3.77. The molecule has 0 unspecified atom stereocenters. The van der Waals surface area contributed by atoms with Crippen LogP contribution in [0.5, 0.6) is 0 Å². The fraction of sp³-hybridized carbons (Fsp3) is 0.222. The summed E-state index contributed by atoms with van der Waals surface area (Å²) < 4.78 is 47.9. The first-order valence-electron chi connectivity index (χ1n) is 8.56. The van der Waals surface area contributed by atoms with E-state index in [0.717, 1.165) is 16.0 Å². The van der Waals surface area contributed by atoms with Gasteiger partial charge in [-0.25, -0.2) is 12.8 Å². The van der Waals surface area contributed by atoms with Crippen molar-refractivity contribution in [3.63, 3.8) is 0 Å². The zero-order valence-electron chi connectivity index (χ0n) is 14.9. The maximum absolute atomic E-state index is 15.2. The third-order valence-electron chi connectivity index (χ3n) is 4.81. The number of rotatable bonds is 7. The van der Waals surface area contributed by atoms with Gasteiger partial charge < -0.3 is 5.32 Å². The Morgan fingerprint density at radius 2 is 2.10 bits per heavy atom. The molecule has 4 rings (SSSR count). The molecule has 6 nitrogen and oxygen atoms in total. The van der Waals surface area contributed by atoms with Crippen molar-refractivity contribution in [2.45, 2.75) is 24.0 Å². The molecule has 2 N–H and O–H groups in total. The van der Waals surface area contributed by atoms with Gasteiger partial charge >= 0.3 is 0 Å². The van der Waals surface area contributed by atoms with E-state index in [-0.39, 0.29) is 16.9 Å². The molecule has 152 valence electrons. The van der Waals surface area contributed by atoms with Gasteiger partial charge in [0.2, 0.25) is 10.0 Å². The van der Waals surface area contributed by atoms with Crippen LogP contribution in [-0.4, -0.2) is 22.8 Å². The molecular weight excluding hydrogens is 503 g/mol. The summed E-state index contributed by atoms with van der Waals surface area (Å²) in [5, 5.41) is 7.06. The zero-order valence-corrected chi connectivity index (χ0v) is 18.9. The molecule has 0 amide bonds. The lowest BCUT2D eigenvalue weighted by Gasteiger charge is -2.20. The van der Waals surface area contributed by atoms with E-state index in [1.54, 1.807) is 24.3 Å². The Kier molecular flexibility index (Phi) is 5.30. The summed E-state index contributed by atoms with van der Waals surface area (Å²) in [6.45, 7) is 3.65. The summed E-state index contributed by atoms with van der Waals surface area (Å²) in [4.78, 5) is 0. The fourth-order valence-electron chi connectivity index (χ4n) is 3.05. The largest absolute Gasteiger partial charge is 0.350 e. The van der Waals surface area contributed by atoms with Crippen LogP contribution < -0.4 is 10.0 Å². The predicted molar refractivity (Wildman–Crippen MR) is 119 cm³/mol. The van der Waals surface area contributed by atoms with Crippen LogP contribution in [-0.2, 0) is 10.0 Å². The number of fused-ring (bicyclic) bond motifs is 1. The molecule has 0 atom stereocenters. The number of benzene rings is 2. The summed E-state index contributed by atoms with van der Waals surface area (Å²) in [6, 6.07) is 6.58. The van der Waals surface area contributed by atoms with Gasteiger partial charge in [-0.1, -0.05) is 38.1 Å². The lowest BCUT2D eigenvalue weighted by atomic mass is 10.2. The summed E-state index contributed by atoms with van der Waals surface area (Å²) in [6.07, 6.45) is 2.98. The molecule has 0 saturated heterocycles. The molecule has 3 aromatic rings. The number of nitrogens with zero attached hydrogens (tertiary/aromatic N) is 2. The van der Waals surface area contributed by atoms with Gasteiger partial charge in [-0.3, -0.25) is 4.72 Å². The van der Waals surface area contributed by atoms with Crippen molar-refractivity contribution in [3.05, 3.63) is 52.2 Å². The van der Waals surface area contributed by atoms with Gasteiger partial charge in [0.1, 0.15) is 11.2 Å². The Morgan fingerprint density at radius 1 is 1.34 bits per heavy atom. The normalized spacial score (nSPS) is 15.3. The van der Waals surface area contributed by atoms with Gasteiger partial charge in [0, 0.05) is 4.47 Å². The molecule has 1 heterocycles. The van der Waals surface area contributed by atoms with Crippen molar-refractivity contribution >= 4 is 76.4 Å². The molecule has 0 radical (unpaired) electrons. The van der Waals surface area contributed by atoms with Crippen LogP contribution in [0.2, 0.25) is 5.02 Å². The fourth-order valence-corrected chi connectivity index (χ4v) is 6.01.